The van der Waals surface area contributed by atoms with E-state index in [9.17, 15) is 4.39 Å². The predicted octanol–water partition coefficient (Wildman–Crippen LogP) is 4.14. The van der Waals surface area contributed by atoms with E-state index in [2.05, 4.69) is 16.0 Å². The van der Waals surface area contributed by atoms with Gasteiger partial charge in [0.25, 0.3) is 0 Å². The van der Waals surface area contributed by atoms with Crippen LogP contribution in [0.15, 0.2) is 28.5 Å². The summed E-state index contributed by atoms with van der Waals surface area (Å²) in [5.41, 5.74) is 0.823. The summed E-state index contributed by atoms with van der Waals surface area (Å²) in [5.74, 6) is 0.0444. The van der Waals surface area contributed by atoms with Crippen LogP contribution in [0.2, 0.25) is 0 Å². The Labute approximate surface area is 117 Å². The van der Waals surface area contributed by atoms with Crippen LogP contribution in [-0.4, -0.2) is 37.3 Å². The molecule has 19 heavy (non-hydrogen) atoms. The number of hydrogen-bond acceptors (Lipinski definition) is 2. The first-order chi connectivity index (χ1) is 9.33. The summed E-state index contributed by atoms with van der Waals surface area (Å²) in [6.45, 7) is 6.11. The second kappa shape index (κ2) is 9.03. The van der Waals surface area contributed by atoms with Crippen LogP contribution in [0.25, 0.3) is 0 Å². The summed E-state index contributed by atoms with van der Waals surface area (Å²) in [5, 5.41) is 0. The summed E-state index contributed by atoms with van der Waals surface area (Å²) in [6, 6.07) is 0.0387. The van der Waals surface area contributed by atoms with Crippen molar-refractivity contribution in [1.82, 2.24) is 4.90 Å². The van der Waals surface area contributed by atoms with Crippen molar-refractivity contribution in [2.45, 2.75) is 52.0 Å². The molecule has 0 saturated carbocycles. The fourth-order valence-electron chi connectivity index (χ4n) is 2.62. The molecule has 0 bridgehead atoms. The molecule has 0 aromatic rings. The van der Waals surface area contributed by atoms with Gasteiger partial charge in [0, 0.05) is 25.3 Å². The van der Waals surface area contributed by atoms with E-state index in [4.69, 9.17) is 0 Å². The number of aliphatic imine (C=N–C) groups is 1. The van der Waals surface area contributed by atoms with Crippen LogP contribution in [0.5, 0.6) is 0 Å². The quantitative estimate of drug-likeness (QED) is 0.701. The molecule has 0 spiro atoms. The fraction of sp³-hybridized carbons (Fsp3) is 0.688. The largest absolute Gasteiger partial charge is 0.299 e. The Bertz CT molecular complexity index is 339. The standard InChI is InChI=1S/C14H21FN2.C2H6/c1-16-11-14(17-9-5-2-6-10-17)12-7-3-4-8-13(12)15;1-2/h3,7,11,14H,2,4-6,8-10H2,1H3;1-2H3. The maximum absolute atomic E-state index is 13.9. The summed E-state index contributed by atoms with van der Waals surface area (Å²) < 4.78 is 13.9. The van der Waals surface area contributed by atoms with Crippen LogP contribution in [0, 0.1) is 0 Å². The minimum Gasteiger partial charge on any atom is -0.299 e. The Balaban J connectivity index is 0.000000861. The van der Waals surface area contributed by atoms with Crippen molar-refractivity contribution in [3.63, 3.8) is 0 Å². The zero-order valence-corrected chi connectivity index (χ0v) is 12.5. The molecule has 3 heteroatoms. The van der Waals surface area contributed by atoms with Gasteiger partial charge < -0.3 is 0 Å². The minimum atomic E-state index is 0.0387. The topological polar surface area (TPSA) is 15.6 Å². The van der Waals surface area contributed by atoms with Crippen molar-refractivity contribution in [3.05, 3.63) is 23.6 Å². The predicted molar refractivity (Wildman–Crippen MR) is 81.5 cm³/mol. The van der Waals surface area contributed by atoms with Gasteiger partial charge in [0.05, 0.1) is 6.04 Å². The fourth-order valence-corrected chi connectivity index (χ4v) is 2.62. The Morgan fingerprint density at radius 2 is 1.95 bits per heavy atom. The molecule has 2 nitrogen and oxygen atoms in total. The van der Waals surface area contributed by atoms with Crippen molar-refractivity contribution >= 4 is 6.21 Å². The van der Waals surface area contributed by atoms with Gasteiger partial charge in [-0.1, -0.05) is 32.4 Å². The van der Waals surface area contributed by atoms with E-state index in [1.165, 1.54) is 19.3 Å². The molecule has 1 fully saturated rings. The highest BCUT2D eigenvalue weighted by molar-refractivity contribution is 5.71. The summed E-state index contributed by atoms with van der Waals surface area (Å²) in [7, 11) is 1.77. The van der Waals surface area contributed by atoms with Gasteiger partial charge in [-0.05, 0) is 32.4 Å². The van der Waals surface area contributed by atoms with Crippen LogP contribution >= 0.6 is 0 Å². The zero-order valence-electron chi connectivity index (χ0n) is 12.5. The van der Waals surface area contributed by atoms with E-state index < -0.39 is 0 Å². The van der Waals surface area contributed by atoms with Crippen LogP contribution in [-0.2, 0) is 0 Å². The lowest BCUT2D eigenvalue weighted by Crippen LogP contribution is -2.41. The molecule has 0 aromatic carbocycles. The molecular weight excluding hydrogens is 239 g/mol. The monoisotopic (exact) mass is 266 g/mol. The van der Waals surface area contributed by atoms with Crippen molar-refractivity contribution in [2.24, 2.45) is 4.99 Å². The van der Waals surface area contributed by atoms with E-state index >= 15 is 0 Å². The summed E-state index contributed by atoms with van der Waals surface area (Å²) >= 11 is 0. The maximum Gasteiger partial charge on any atom is 0.105 e. The SMILES string of the molecule is CC.CN=CC(C1=C(F)CCC=C1)N1CCCCC1. The smallest absolute Gasteiger partial charge is 0.105 e. The van der Waals surface area contributed by atoms with Crippen LogP contribution in [0.4, 0.5) is 4.39 Å². The zero-order chi connectivity index (χ0) is 14.1. The van der Waals surface area contributed by atoms with Gasteiger partial charge in [0.2, 0.25) is 0 Å². The molecule has 0 radical (unpaired) electrons. The molecule has 1 aliphatic heterocycles. The lowest BCUT2D eigenvalue weighted by atomic mass is 9.96. The van der Waals surface area contributed by atoms with Crippen molar-refractivity contribution in [2.75, 3.05) is 20.1 Å². The lowest BCUT2D eigenvalue weighted by Gasteiger charge is -2.33. The van der Waals surface area contributed by atoms with E-state index in [0.717, 1.165) is 25.1 Å². The molecule has 1 heterocycles. The Morgan fingerprint density at radius 1 is 1.26 bits per heavy atom. The molecule has 2 aliphatic rings. The van der Waals surface area contributed by atoms with Crippen molar-refractivity contribution < 1.29 is 4.39 Å². The lowest BCUT2D eigenvalue weighted by molar-refractivity contribution is 0.220. The van der Waals surface area contributed by atoms with Gasteiger partial charge in [0.1, 0.15) is 5.83 Å². The van der Waals surface area contributed by atoms with Crippen LogP contribution < -0.4 is 0 Å². The third-order valence-corrected chi connectivity index (χ3v) is 3.53. The Morgan fingerprint density at radius 3 is 2.53 bits per heavy atom. The Hall–Kier alpha value is -0.960. The number of likely N-dealkylation sites (tertiary alicyclic amines) is 1. The second-order valence-corrected chi connectivity index (χ2v) is 4.75. The molecule has 0 amide bonds. The van der Waals surface area contributed by atoms with E-state index in [1.807, 2.05) is 26.1 Å². The summed E-state index contributed by atoms with van der Waals surface area (Å²) in [6.07, 6.45) is 11.0. The first-order valence-corrected chi connectivity index (χ1v) is 7.54. The first kappa shape index (κ1) is 16.1. The van der Waals surface area contributed by atoms with E-state index in [-0.39, 0.29) is 11.9 Å². The highest BCUT2D eigenvalue weighted by Gasteiger charge is 2.24. The van der Waals surface area contributed by atoms with E-state index in [1.54, 1.807) is 7.05 Å². The molecule has 108 valence electrons. The molecule has 0 aromatic heterocycles. The van der Waals surface area contributed by atoms with Gasteiger partial charge >= 0.3 is 0 Å². The van der Waals surface area contributed by atoms with Crippen molar-refractivity contribution in [1.29, 1.82) is 0 Å². The minimum absolute atomic E-state index is 0.0387. The Kier molecular flexibility index (Phi) is 7.65. The van der Waals surface area contributed by atoms with Crippen LogP contribution in [0.3, 0.4) is 0 Å². The molecule has 2 rings (SSSR count). The molecular formula is C16H27FN2. The van der Waals surface area contributed by atoms with Gasteiger partial charge in [-0.3, -0.25) is 9.89 Å². The summed E-state index contributed by atoms with van der Waals surface area (Å²) in [4.78, 5) is 6.47. The van der Waals surface area contributed by atoms with E-state index in [0.29, 0.717) is 6.42 Å². The number of piperidine rings is 1. The third-order valence-electron chi connectivity index (χ3n) is 3.53. The average molecular weight is 266 g/mol. The molecule has 1 atom stereocenters. The molecule has 1 aliphatic carbocycles. The number of nitrogens with zero attached hydrogens (tertiary/aromatic N) is 2. The first-order valence-electron chi connectivity index (χ1n) is 7.54. The van der Waals surface area contributed by atoms with Crippen LogP contribution in [0.1, 0.15) is 46.0 Å². The number of allylic oxidation sites excluding steroid dienone is 2. The normalized spacial score (nSPS) is 22.3. The third kappa shape index (κ3) is 4.57. The van der Waals surface area contributed by atoms with Gasteiger partial charge in [-0.25, -0.2) is 4.39 Å². The highest BCUT2D eigenvalue weighted by atomic mass is 19.1. The highest BCUT2D eigenvalue weighted by Crippen LogP contribution is 2.26. The molecule has 1 unspecified atom stereocenters. The number of rotatable bonds is 3. The average Bonchev–Trinajstić information content (AvgIpc) is 2.49. The van der Waals surface area contributed by atoms with Gasteiger partial charge in [0.15, 0.2) is 0 Å². The molecule has 0 N–H and O–H groups in total. The maximum atomic E-state index is 13.9. The second-order valence-electron chi connectivity index (χ2n) is 4.75. The molecule has 1 saturated heterocycles. The number of hydrogen-bond donors (Lipinski definition) is 0. The van der Waals surface area contributed by atoms with Gasteiger partial charge in [-0.2, -0.15) is 0 Å². The number of halogens is 1. The van der Waals surface area contributed by atoms with Gasteiger partial charge in [-0.15, -0.1) is 0 Å². The van der Waals surface area contributed by atoms with Crippen molar-refractivity contribution in [3.8, 4) is 0 Å².